The highest BCUT2D eigenvalue weighted by Gasteiger charge is 2.15. The van der Waals surface area contributed by atoms with Crippen LogP contribution < -0.4 is 21.3 Å². The first kappa shape index (κ1) is 16.0. The minimum absolute atomic E-state index is 0.215. The van der Waals surface area contributed by atoms with Crippen molar-refractivity contribution < 1.29 is 0 Å². The SMILES string of the molecule is CCCNc1nc(N(C)C)nc2c(NCCC)nc(N)nc12. The molecular formula is C14H24N8. The highest BCUT2D eigenvalue weighted by Crippen LogP contribution is 2.26. The van der Waals surface area contributed by atoms with Crippen LogP contribution in [0.15, 0.2) is 0 Å². The summed E-state index contributed by atoms with van der Waals surface area (Å²) in [6.07, 6.45) is 1.97. The second-order valence-electron chi connectivity index (χ2n) is 5.25. The van der Waals surface area contributed by atoms with Gasteiger partial charge in [-0.15, -0.1) is 0 Å². The molecule has 0 radical (unpaired) electrons. The number of fused-ring (bicyclic) bond motifs is 1. The Kier molecular flexibility index (Phi) is 5.13. The third-order valence-corrected chi connectivity index (χ3v) is 3.03. The maximum absolute atomic E-state index is 5.84. The van der Waals surface area contributed by atoms with Gasteiger partial charge in [-0.05, 0) is 12.8 Å². The third kappa shape index (κ3) is 3.44. The van der Waals surface area contributed by atoms with E-state index < -0.39 is 0 Å². The Bertz CT molecular complexity index is 640. The first-order valence-electron chi connectivity index (χ1n) is 7.57. The molecule has 2 aromatic heterocycles. The van der Waals surface area contributed by atoms with Crippen molar-refractivity contribution in [2.75, 3.05) is 48.5 Å². The van der Waals surface area contributed by atoms with Crippen LogP contribution in [0.3, 0.4) is 0 Å². The number of rotatable bonds is 7. The quantitative estimate of drug-likeness (QED) is 0.710. The van der Waals surface area contributed by atoms with Gasteiger partial charge in [0, 0.05) is 27.2 Å². The van der Waals surface area contributed by atoms with Gasteiger partial charge >= 0.3 is 0 Å². The zero-order valence-corrected chi connectivity index (χ0v) is 13.6. The first-order valence-corrected chi connectivity index (χ1v) is 7.57. The second kappa shape index (κ2) is 7.06. The molecule has 0 aromatic carbocycles. The smallest absolute Gasteiger partial charge is 0.227 e. The summed E-state index contributed by atoms with van der Waals surface area (Å²) in [6.45, 7) is 5.79. The minimum Gasteiger partial charge on any atom is -0.368 e. The highest BCUT2D eigenvalue weighted by atomic mass is 15.2. The Morgan fingerprint density at radius 3 is 1.95 bits per heavy atom. The van der Waals surface area contributed by atoms with Gasteiger partial charge in [0.25, 0.3) is 0 Å². The van der Waals surface area contributed by atoms with Crippen molar-refractivity contribution >= 4 is 34.6 Å². The molecule has 0 spiro atoms. The number of nitrogen functional groups attached to an aromatic ring is 1. The lowest BCUT2D eigenvalue weighted by Gasteiger charge is -2.16. The first-order chi connectivity index (χ1) is 10.6. The van der Waals surface area contributed by atoms with E-state index in [-0.39, 0.29) is 5.95 Å². The van der Waals surface area contributed by atoms with Crippen LogP contribution in [-0.2, 0) is 0 Å². The molecule has 2 rings (SSSR count). The summed E-state index contributed by atoms with van der Waals surface area (Å²) >= 11 is 0. The fraction of sp³-hybridized carbons (Fsp3) is 0.571. The molecule has 0 aliphatic heterocycles. The van der Waals surface area contributed by atoms with E-state index in [9.17, 15) is 0 Å². The predicted molar refractivity (Wildman–Crippen MR) is 91.4 cm³/mol. The van der Waals surface area contributed by atoms with Crippen LogP contribution in [0, 0.1) is 0 Å². The maximum Gasteiger partial charge on any atom is 0.227 e. The molecule has 4 N–H and O–H groups in total. The lowest BCUT2D eigenvalue weighted by atomic mass is 10.3. The molecule has 0 aliphatic rings. The minimum atomic E-state index is 0.215. The summed E-state index contributed by atoms with van der Waals surface area (Å²) < 4.78 is 0. The number of nitrogens with zero attached hydrogens (tertiary/aromatic N) is 5. The van der Waals surface area contributed by atoms with Crippen LogP contribution in [0.5, 0.6) is 0 Å². The average Bonchev–Trinajstić information content (AvgIpc) is 2.50. The number of aromatic nitrogens is 4. The van der Waals surface area contributed by atoms with Crippen LogP contribution in [0.1, 0.15) is 26.7 Å². The normalized spacial score (nSPS) is 10.7. The lowest BCUT2D eigenvalue weighted by Crippen LogP contribution is -2.16. The van der Waals surface area contributed by atoms with Crippen molar-refractivity contribution in [1.29, 1.82) is 0 Å². The number of hydrogen-bond acceptors (Lipinski definition) is 8. The summed E-state index contributed by atoms with van der Waals surface area (Å²) in [7, 11) is 3.81. The van der Waals surface area contributed by atoms with Crippen LogP contribution in [0.2, 0.25) is 0 Å². The Balaban J connectivity index is 2.62. The monoisotopic (exact) mass is 304 g/mol. The van der Waals surface area contributed by atoms with E-state index in [1.54, 1.807) is 0 Å². The largest absolute Gasteiger partial charge is 0.368 e. The van der Waals surface area contributed by atoms with E-state index in [1.165, 1.54) is 0 Å². The molecule has 8 heteroatoms. The predicted octanol–water partition coefficient (Wildman–Crippen LogP) is 1.71. The van der Waals surface area contributed by atoms with E-state index >= 15 is 0 Å². The molecule has 2 aromatic rings. The summed E-state index contributed by atoms with van der Waals surface area (Å²) in [4.78, 5) is 19.6. The van der Waals surface area contributed by atoms with Gasteiger partial charge in [0.2, 0.25) is 11.9 Å². The van der Waals surface area contributed by atoms with Gasteiger partial charge in [-0.25, -0.2) is 9.97 Å². The van der Waals surface area contributed by atoms with Crippen molar-refractivity contribution in [1.82, 2.24) is 19.9 Å². The molecule has 2 heterocycles. The summed E-state index contributed by atoms with van der Waals surface area (Å²) in [6, 6.07) is 0. The molecule has 0 unspecified atom stereocenters. The Morgan fingerprint density at radius 1 is 0.864 bits per heavy atom. The Labute approximate surface area is 130 Å². The summed E-state index contributed by atoms with van der Waals surface area (Å²) in [5, 5.41) is 6.55. The van der Waals surface area contributed by atoms with E-state index in [1.807, 2.05) is 19.0 Å². The van der Waals surface area contributed by atoms with E-state index in [2.05, 4.69) is 44.4 Å². The molecule has 0 saturated heterocycles. The van der Waals surface area contributed by atoms with Gasteiger partial charge in [0.15, 0.2) is 11.6 Å². The highest BCUT2D eigenvalue weighted by molar-refractivity contribution is 5.94. The average molecular weight is 304 g/mol. The van der Waals surface area contributed by atoms with E-state index in [0.29, 0.717) is 28.6 Å². The fourth-order valence-electron chi connectivity index (χ4n) is 1.95. The summed E-state index contributed by atoms with van der Waals surface area (Å²) in [5.74, 6) is 2.16. The van der Waals surface area contributed by atoms with Crippen LogP contribution in [0.4, 0.5) is 23.5 Å². The number of nitrogens with two attached hydrogens (primary N) is 1. The standard InChI is InChI=1S/C14H24N8/c1-5-7-16-11-10-9(18-13(15)20-11)12(17-8-6-2)21-14(19-10)22(3)4/h5-8H2,1-4H3,(H,17,19,21)(H3,15,16,18,20). The molecule has 0 amide bonds. The fourth-order valence-corrected chi connectivity index (χ4v) is 1.95. The second-order valence-corrected chi connectivity index (χ2v) is 5.25. The number of nitrogens with one attached hydrogen (secondary N) is 2. The molecule has 8 nitrogen and oxygen atoms in total. The van der Waals surface area contributed by atoms with Gasteiger partial charge in [-0.3, -0.25) is 0 Å². The zero-order chi connectivity index (χ0) is 16.1. The van der Waals surface area contributed by atoms with Crippen molar-refractivity contribution in [2.24, 2.45) is 0 Å². The van der Waals surface area contributed by atoms with Gasteiger partial charge in [0.05, 0.1) is 0 Å². The van der Waals surface area contributed by atoms with Crippen molar-refractivity contribution in [3.05, 3.63) is 0 Å². The van der Waals surface area contributed by atoms with Crippen LogP contribution in [-0.4, -0.2) is 47.1 Å². The molecule has 0 fully saturated rings. The van der Waals surface area contributed by atoms with Gasteiger partial charge in [-0.1, -0.05) is 13.8 Å². The molecule has 0 bridgehead atoms. The van der Waals surface area contributed by atoms with E-state index in [4.69, 9.17) is 5.73 Å². The van der Waals surface area contributed by atoms with Crippen LogP contribution in [0.25, 0.3) is 11.0 Å². The Morgan fingerprint density at radius 2 is 1.41 bits per heavy atom. The molecule has 0 aliphatic carbocycles. The topological polar surface area (TPSA) is 105 Å². The number of anilines is 4. The summed E-state index contributed by atoms with van der Waals surface area (Å²) in [5.41, 5.74) is 7.16. The van der Waals surface area contributed by atoms with Gasteiger partial charge < -0.3 is 21.3 Å². The molecule has 120 valence electrons. The maximum atomic E-state index is 5.84. The molecule has 0 saturated carbocycles. The van der Waals surface area contributed by atoms with E-state index in [0.717, 1.165) is 25.9 Å². The Hall–Kier alpha value is -2.38. The number of hydrogen-bond donors (Lipinski definition) is 3. The van der Waals surface area contributed by atoms with Crippen LogP contribution >= 0.6 is 0 Å². The van der Waals surface area contributed by atoms with Gasteiger partial charge in [0.1, 0.15) is 11.0 Å². The molecule has 22 heavy (non-hydrogen) atoms. The van der Waals surface area contributed by atoms with Crippen molar-refractivity contribution in [2.45, 2.75) is 26.7 Å². The van der Waals surface area contributed by atoms with Crippen molar-refractivity contribution in [3.63, 3.8) is 0 Å². The zero-order valence-electron chi connectivity index (χ0n) is 13.6. The third-order valence-electron chi connectivity index (χ3n) is 3.03. The van der Waals surface area contributed by atoms with Crippen molar-refractivity contribution in [3.8, 4) is 0 Å². The molecule has 0 atom stereocenters. The molecular weight excluding hydrogens is 280 g/mol. The lowest BCUT2D eigenvalue weighted by molar-refractivity contribution is 0.950. The van der Waals surface area contributed by atoms with Gasteiger partial charge in [-0.2, -0.15) is 9.97 Å².